The van der Waals surface area contributed by atoms with Crippen molar-refractivity contribution in [2.45, 2.75) is 45.6 Å². The van der Waals surface area contributed by atoms with Gasteiger partial charge in [0.1, 0.15) is 0 Å². The normalized spacial score (nSPS) is 13.8. The van der Waals surface area contributed by atoms with E-state index in [9.17, 15) is 0 Å². The molecule has 0 aliphatic carbocycles. The van der Waals surface area contributed by atoms with E-state index < -0.39 is 0 Å². The van der Waals surface area contributed by atoms with E-state index in [1.807, 2.05) is 6.92 Å². The number of rotatable bonds is 7. The summed E-state index contributed by atoms with van der Waals surface area (Å²) in [6, 6.07) is 0. The zero-order valence-corrected chi connectivity index (χ0v) is 8.71. The van der Waals surface area contributed by atoms with Gasteiger partial charge in [-0.3, -0.25) is 0 Å². The van der Waals surface area contributed by atoms with Crippen molar-refractivity contribution in [3.63, 3.8) is 0 Å². The molecule has 2 nitrogen and oxygen atoms in total. The molecule has 2 heteroatoms. The molecule has 0 bridgehead atoms. The molecule has 12 heavy (non-hydrogen) atoms. The van der Waals surface area contributed by atoms with Crippen LogP contribution in [0.15, 0.2) is 0 Å². The Kier molecular flexibility index (Phi) is 7.51. The van der Waals surface area contributed by atoms with Gasteiger partial charge in [0.25, 0.3) is 0 Å². The van der Waals surface area contributed by atoms with Crippen LogP contribution in [0.2, 0.25) is 0 Å². The zero-order valence-electron chi connectivity index (χ0n) is 8.71. The topological polar surface area (TPSA) is 23.5 Å². The Bertz CT molecular complexity index is 93.8. The molecule has 0 saturated heterocycles. The minimum Gasteiger partial charge on any atom is -0.393 e. The molecule has 0 rings (SSSR count). The summed E-state index contributed by atoms with van der Waals surface area (Å²) in [6.07, 6.45) is 4.45. The highest BCUT2D eigenvalue weighted by Crippen LogP contribution is 1.98. The van der Waals surface area contributed by atoms with Crippen molar-refractivity contribution >= 4 is 0 Å². The highest BCUT2D eigenvalue weighted by Gasteiger charge is 1.99. The summed E-state index contributed by atoms with van der Waals surface area (Å²) in [6.45, 7) is 6.37. The van der Waals surface area contributed by atoms with Gasteiger partial charge in [-0.2, -0.15) is 0 Å². The average Bonchev–Trinajstić information content (AvgIpc) is 2.00. The lowest BCUT2D eigenvalue weighted by atomic mass is 10.2. The van der Waals surface area contributed by atoms with E-state index in [0.29, 0.717) is 0 Å². The van der Waals surface area contributed by atoms with Gasteiger partial charge in [-0.25, -0.2) is 0 Å². The van der Waals surface area contributed by atoms with Crippen molar-refractivity contribution in [1.29, 1.82) is 0 Å². The Morgan fingerprint density at radius 2 is 1.83 bits per heavy atom. The maximum Gasteiger partial charge on any atom is 0.0512 e. The minimum absolute atomic E-state index is 0.135. The summed E-state index contributed by atoms with van der Waals surface area (Å²) < 4.78 is 0. The van der Waals surface area contributed by atoms with Gasteiger partial charge in [0, 0.05) is 0 Å². The van der Waals surface area contributed by atoms with Gasteiger partial charge in [0.15, 0.2) is 0 Å². The first-order valence-corrected chi connectivity index (χ1v) is 5.03. The first kappa shape index (κ1) is 11.9. The monoisotopic (exact) mass is 173 g/mol. The van der Waals surface area contributed by atoms with E-state index in [0.717, 1.165) is 19.4 Å². The second-order valence-electron chi connectivity index (χ2n) is 3.65. The summed E-state index contributed by atoms with van der Waals surface area (Å²) in [4.78, 5) is 2.34. The summed E-state index contributed by atoms with van der Waals surface area (Å²) in [5, 5.41) is 9.02. The Morgan fingerprint density at radius 3 is 2.33 bits per heavy atom. The van der Waals surface area contributed by atoms with Crippen molar-refractivity contribution in [1.82, 2.24) is 4.90 Å². The molecule has 0 fully saturated rings. The number of hydrogen-bond acceptors (Lipinski definition) is 2. The van der Waals surface area contributed by atoms with E-state index >= 15 is 0 Å². The average molecular weight is 173 g/mol. The fourth-order valence-corrected chi connectivity index (χ4v) is 1.20. The lowest BCUT2D eigenvalue weighted by Gasteiger charge is -2.16. The molecule has 0 heterocycles. The molecule has 0 aliphatic rings. The van der Waals surface area contributed by atoms with Crippen molar-refractivity contribution in [3.05, 3.63) is 0 Å². The molecular weight excluding hydrogens is 150 g/mol. The van der Waals surface area contributed by atoms with Crippen LogP contribution in [0.25, 0.3) is 0 Å². The fourth-order valence-electron chi connectivity index (χ4n) is 1.20. The summed E-state index contributed by atoms with van der Waals surface area (Å²) in [5.41, 5.74) is 0. The second-order valence-corrected chi connectivity index (χ2v) is 3.65. The predicted octanol–water partition coefficient (Wildman–Crippen LogP) is 1.88. The van der Waals surface area contributed by atoms with Crippen LogP contribution in [0.5, 0.6) is 0 Å². The third kappa shape index (κ3) is 8.02. The van der Waals surface area contributed by atoms with Gasteiger partial charge in [-0.05, 0) is 46.3 Å². The molecule has 0 aromatic carbocycles. The molecule has 1 unspecified atom stereocenters. The quantitative estimate of drug-likeness (QED) is 0.635. The van der Waals surface area contributed by atoms with E-state index in [-0.39, 0.29) is 6.10 Å². The van der Waals surface area contributed by atoms with E-state index in [4.69, 9.17) is 5.11 Å². The third-order valence-corrected chi connectivity index (χ3v) is 2.06. The van der Waals surface area contributed by atoms with E-state index in [1.54, 1.807) is 0 Å². The Morgan fingerprint density at radius 1 is 1.25 bits per heavy atom. The van der Waals surface area contributed by atoms with Crippen molar-refractivity contribution in [2.24, 2.45) is 0 Å². The molecular formula is C10H23NO. The van der Waals surface area contributed by atoms with Gasteiger partial charge in [-0.1, -0.05) is 13.3 Å². The van der Waals surface area contributed by atoms with Gasteiger partial charge in [-0.15, -0.1) is 0 Å². The van der Waals surface area contributed by atoms with Gasteiger partial charge in [0.05, 0.1) is 6.10 Å². The van der Waals surface area contributed by atoms with Crippen LogP contribution in [0.1, 0.15) is 39.5 Å². The van der Waals surface area contributed by atoms with Crippen LogP contribution in [0.4, 0.5) is 0 Å². The van der Waals surface area contributed by atoms with Crippen LogP contribution in [0, 0.1) is 0 Å². The SMILES string of the molecule is CCCCN(C)CCCC(C)O. The van der Waals surface area contributed by atoms with Crippen molar-refractivity contribution < 1.29 is 5.11 Å². The maximum atomic E-state index is 9.02. The minimum atomic E-state index is -0.135. The highest BCUT2D eigenvalue weighted by atomic mass is 16.3. The summed E-state index contributed by atoms with van der Waals surface area (Å²) >= 11 is 0. The van der Waals surface area contributed by atoms with Crippen LogP contribution < -0.4 is 0 Å². The lowest BCUT2D eigenvalue weighted by Crippen LogP contribution is -2.21. The van der Waals surface area contributed by atoms with Crippen molar-refractivity contribution in [2.75, 3.05) is 20.1 Å². The number of nitrogens with zero attached hydrogens (tertiary/aromatic N) is 1. The van der Waals surface area contributed by atoms with E-state index in [2.05, 4.69) is 18.9 Å². The van der Waals surface area contributed by atoms with Gasteiger partial charge >= 0.3 is 0 Å². The lowest BCUT2D eigenvalue weighted by molar-refractivity contribution is 0.174. The first-order valence-electron chi connectivity index (χ1n) is 5.03. The highest BCUT2D eigenvalue weighted by molar-refractivity contribution is 4.54. The van der Waals surface area contributed by atoms with Crippen LogP contribution >= 0.6 is 0 Å². The molecule has 0 aliphatic heterocycles. The zero-order chi connectivity index (χ0) is 9.40. The van der Waals surface area contributed by atoms with Crippen LogP contribution in [-0.2, 0) is 0 Å². The van der Waals surface area contributed by atoms with Gasteiger partial charge in [0.2, 0.25) is 0 Å². The second kappa shape index (κ2) is 7.56. The molecule has 0 amide bonds. The molecule has 0 aromatic heterocycles. The Balaban J connectivity index is 3.13. The molecule has 0 radical (unpaired) electrons. The maximum absolute atomic E-state index is 9.02. The number of aliphatic hydroxyl groups excluding tert-OH is 1. The van der Waals surface area contributed by atoms with Crippen LogP contribution in [-0.4, -0.2) is 36.2 Å². The Hall–Kier alpha value is -0.0800. The molecule has 0 saturated carbocycles. The van der Waals surface area contributed by atoms with E-state index in [1.165, 1.54) is 19.4 Å². The number of hydrogen-bond donors (Lipinski definition) is 1. The predicted molar refractivity (Wildman–Crippen MR) is 53.3 cm³/mol. The smallest absolute Gasteiger partial charge is 0.0512 e. The standard InChI is InChI=1S/C10H23NO/c1-4-5-8-11(3)9-6-7-10(2)12/h10,12H,4-9H2,1-3H3. The Labute approximate surface area is 76.6 Å². The molecule has 74 valence electrons. The fraction of sp³-hybridized carbons (Fsp3) is 1.00. The van der Waals surface area contributed by atoms with Crippen LogP contribution in [0.3, 0.4) is 0 Å². The largest absolute Gasteiger partial charge is 0.393 e. The third-order valence-electron chi connectivity index (χ3n) is 2.06. The number of aliphatic hydroxyl groups is 1. The van der Waals surface area contributed by atoms with Gasteiger partial charge < -0.3 is 10.0 Å². The first-order chi connectivity index (χ1) is 5.66. The van der Waals surface area contributed by atoms with Crippen molar-refractivity contribution in [3.8, 4) is 0 Å². The molecule has 1 N–H and O–H groups in total. The summed E-state index contributed by atoms with van der Waals surface area (Å²) in [7, 11) is 2.15. The molecule has 1 atom stereocenters. The molecule has 0 aromatic rings. The summed E-state index contributed by atoms with van der Waals surface area (Å²) in [5.74, 6) is 0. The molecule has 0 spiro atoms. The number of unbranched alkanes of at least 4 members (excludes halogenated alkanes) is 1.